The van der Waals surface area contributed by atoms with Crippen molar-refractivity contribution in [2.24, 2.45) is 0 Å². The molecule has 0 spiro atoms. The average Bonchev–Trinajstić information content (AvgIpc) is 2.37. The van der Waals surface area contributed by atoms with Crippen LogP contribution in [0.3, 0.4) is 0 Å². The summed E-state index contributed by atoms with van der Waals surface area (Å²) < 4.78 is 0. The summed E-state index contributed by atoms with van der Waals surface area (Å²) in [5.41, 5.74) is 10.9. The number of carbonyl (C=O) groups excluding carboxylic acids is 1. The van der Waals surface area contributed by atoms with E-state index in [0.29, 0.717) is 11.4 Å². The van der Waals surface area contributed by atoms with E-state index in [0.717, 1.165) is 22.3 Å². The quantitative estimate of drug-likeness (QED) is 0.912. The Hall–Kier alpha value is -2.36. The summed E-state index contributed by atoms with van der Waals surface area (Å²) >= 11 is 0. The molecule has 20 heavy (non-hydrogen) atoms. The summed E-state index contributed by atoms with van der Waals surface area (Å²) in [7, 11) is 1.73. The van der Waals surface area contributed by atoms with E-state index in [4.69, 9.17) is 5.73 Å². The molecule has 2 aromatic rings. The third-order valence-electron chi connectivity index (χ3n) is 3.38. The second-order valence-electron chi connectivity index (χ2n) is 5.07. The number of aromatic nitrogens is 1. The third kappa shape index (κ3) is 2.50. The standard InChI is InChI=1S/C16H19N3O/c1-10-7-11(2)15(12(3)8-10)16(20)19(4)14-5-6-18-9-13(14)17/h5-9H,17H2,1-4H3. The Morgan fingerprint density at radius 3 is 2.35 bits per heavy atom. The number of nitrogens with zero attached hydrogens (tertiary/aromatic N) is 2. The van der Waals surface area contributed by atoms with Gasteiger partial charge in [0.25, 0.3) is 5.91 Å². The second-order valence-corrected chi connectivity index (χ2v) is 5.07. The van der Waals surface area contributed by atoms with Gasteiger partial charge in [-0.2, -0.15) is 0 Å². The van der Waals surface area contributed by atoms with Crippen molar-refractivity contribution in [1.82, 2.24) is 4.98 Å². The smallest absolute Gasteiger partial charge is 0.258 e. The molecule has 0 fully saturated rings. The lowest BCUT2D eigenvalue weighted by Crippen LogP contribution is -2.28. The predicted octanol–water partition coefficient (Wildman–Crippen LogP) is 2.87. The van der Waals surface area contributed by atoms with Crippen molar-refractivity contribution in [3.8, 4) is 0 Å². The van der Waals surface area contributed by atoms with Crippen LogP contribution in [0.25, 0.3) is 0 Å². The molecule has 4 nitrogen and oxygen atoms in total. The zero-order valence-corrected chi connectivity index (χ0v) is 12.3. The lowest BCUT2D eigenvalue weighted by Gasteiger charge is -2.21. The van der Waals surface area contributed by atoms with Gasteiger partial charge in [-0.25, -0.2) is 0 Å². The summed E-state index contributed by atoms with van der Waals surface area (Å²) in [5, 5.41) is 0. The minimum absolute atomic E-state index is 0.0575. The van der Waals surface area contributed by atoms with E-state index in [1.165, 1.54) is 0 Å². The maximum Gasteiger partial charge on any atom is 0.258 e. The van der Waals surface area contributed by atoms with E-state index in [2.05, 4.69) is 4.98 Å². The molecule has 1 amide bonds. The van der Waals surface area contributed by atoms with Crippen LogP contribution in [0.15, 0.2) is 30.6 Å². The summed E-state index contributed by atoms with van der Waals surface area (Å²) in [6.45, 7) is 5.94. The molecule has 0 atom stereocenters. The number of amides is 1. The lowest BCUT2D eigenvalue weighted by atomic mass is 9.98. The molecule has 0 radical (unpaired) electrons. The van der Waals surface area contributed by atoms with Gasteiger partial charge in [-0.3, -0.25) is 9.78 Å². The Balaban J connectivity index is 2.45. The number of carbonyl (C=O) groups is 1. The van der Waals surface area contributed by atoms with Crippen LogP contribution in [0.2, 0.25) is 0 Å². The van der Waals surface area contributed by atoms with Crippen LogP contribution in [0.4, 0.5) is 11.4 Å². The van der Waals surface area contributed by atoms with Gasteiger partial charge in [0.2, 0.25) is 0 Å². The van der Waals surface area contributed by atoms with Gasteiger partial charge in [0, 0.05) is 18.8 Å². The highest BCUT2D eigenvalue weighted by atomic mass is 16.2. The van der Waals surface area contributed by atoms with Crippen molar-refractivity contribution in [2.45, 2.75) is 20.8 Å². The molecule has 1 aromatic carbocycles. The van der Waals surface area contributed by atoms with Crippen molar-refractivity contribution in [1.29, 1.82) is 0 Å². The van der Waals surface area contributed by atoms with Gasteiger partial charge < -0.3 is 10.6 Å². The van der Waals surface area contributed by atoms with Gasteiger partial charge in [-0.1, -0.05) is 17.7 Å². The van der Waals surface area contributed by atoms with Crippen LogP contribution >= 0.6 is 0 Å². The summed E-state index contributed by atoms with van der Waals surface area (Å²) in [4.78, 5) is 18.2. The minimum atomic E-state index is -0.0575. The number of hydrogen-bond acceptors (Lipinski definition) is 3. The number of nitrogens with two attached hydrogens (primary N) is 1. The molecule has 1 heterocycles. The van der Waals surface area contributed by atoms with Crippen molar-refractivity contribution < 1.29 is 4.79 Å². The maximum atomic E-state index is 12.7. The lowest BCUT2D eigenvalue weighted by molar-refractivity contribution is 0.0992. The third-order valence-corrected chi connectivity index (χ3v) is 3.38. The van der Waals surface area contributed by atoms with Crippen molar-refractivity contribution in [2.75, 3.05) is 17.7 Å². The number of anilines is 2. The molecular weight excluding hydrogens is 250 g/mol. The normalized spacial score (nSPS) is 10.4. The van der Waals surface area contributed by atoms with E-state index in [1.807, 2.05) is 32.9 Å². The fourth-order valence-electron chi connectivity index (χ4n) is 2.50. The van der Waals surface area contributed by atoms with Gasteiger partial charge in [0.05, 0.1) is 17.6 Å². The molecule has 2 N–H and O–H groups in total. The number of rotatable bonds is 2. The highest BCUT2D eigenvalue weighted by Gasteiger charge is 2.19. The van der Waals surface area contributed by atoms with E-state index >= 15 is 0 Å². The molecule has 104 valence electrons. The number of pyridine rings is 1. The first-order valence-electron chi connectivity index (χ1n) is 6.47. The van der Waals surface area contributed by atoms with E-state index in [-0.39, 0.29) is 5.91 Å². The monoisotopic (exact) mass is 269 g/mol. The Labute approximate surface area is 119 Å². The van der Waals surface area contributed by atoms with E-state index in [1.54, 1.807) is 30.4 Å². The van der Waals surface area contributed by atoms with Crippen LogP contribution in [0, 0.1) is 20.8 Å². The maximum absolute atomic E-state index is 12.7. The SMILES string of the molecule is Cc1cc(C)c(C(=O)N(C)c2ccncc2N)c(C)c1. The van der Waals surface area contributed by atoms with Crippen LogP contribution in [0.5, 0.6) is 0 Å². The molecule has 2 rings (SSSR count). The molecular formula is C16H19N3O. The van der Waals surface area contributed by atoms with Crippen LogP contribution in [-0.2, 0) is 0 Å². The van der Waals surface area contributed by atoms with Gasteiger partial charge in [0.15, 0.2) is 0 Å². The second kappa shape index (κ2) is 5.33. The van der Waals surface area contributed by atoms with Crippen molar-refractivity contribution in [3.05, 3.63) is 52.8 Å². The Bertz CT molecular complexity index is 642. The van der Waals surface area contributed by atoms with Crippen LogP contribution < -0.4 is 10.6 Å². The summed E-state index contributed by atoms with van der Waals surface area (Å²) in [6.07, 6.45) is 3.18. The fraction of sp³-hybridized carbons (Fsp3) is 0.250. The summed E-state index contributed by atoms with van der Waals surface area (Å²) in [5.74, 6) is -0.0575. The molecule has 1 aromatic heterocycles. The van der Waals surface area contributed by atoms with Gasteiger partial charge >= 0.3 is 0 Å². The summed E-state index contributed by atoms with van der Waals surface area (Å²) in [6, 6.07) is 5.78. The van der Waals surface area contributed by atoms with Gasteiger partial charge in [0.1, 0.15) is 0 Å². The average molecular weight is 269 g/mol. The molecule has 0 aliphatic rings. The Kier molecular flexibility index (Phi) is 3.74. The highest BCUT2D eigenvalue weighted by Crippen LogP contribution is 2.24. The Morgan fingerprint density at radius 1 is 1.20 bits per heavy atom. The van der Waals surface area contributed by atoms with Gasteiger partial charge in [-0.05, 0) is 38.0 Å². The van der Waals surface area contributed by atoms with Crippen LogP contribution in [-0.4, -0.2) is 17.9 Å². The zero-order valence-electron chi connectivity index (χ0n) is 12.3. The topological polar surface area (TPSA) is 59.2 Å². The van der Waals surface area contributed by atoms with Gasteiger partial charge in [-0.15, -0.1) is 0 Å². The zero-order chi connectivity index (χ0) is 14.9. The van der Waals surface area contributed by atoms with E-state index < -0.39 is 0 Å². The first-order chi connectivity index (χ1) is 9.41. The van der Waals surface area contributed by atoms with Crippen LogP contribution in [0.1, 0.15) is 27.0 Å². The predicted molar refractivity (Wildman–Crippen MR) is 82.0 cm³/mol. The van der Waals surface area contributed by atoms with E-state index in [9.17, 15) is 4.79 Å². The number of aryl methyl sites for hydroxylation is 3. The minimum Gasteiger partial charge on any atom is -0.396 e. The first-order valence-corrected chi connectivity index (χ1v) is 6.47. The number of benzene rings is 1. The molecule has 0 aliphatic carbocycles. The molecule has 0 aliphatic heterocycles. The molecule has 4 heteroatoms. The van der Waals surface area contributed by atoms with Crippen molar-refractivity contribution in [3.63, 3.8) is 0 Å². The molecule has 0 unspecified atom stereocenters. The highest BCUT2D eigenvalue weighted by molar-refractivity contribution is 6.08. The Morgan fingerprint density at radius 2 is 1.80 bits per heavy atom. The molecule has 0 saturated heterocycles. The molecule has 0 bridgehead atoms. The molecule has 0 saturated carbocycles. The first kappa shape index (κ1) is 14.1. The number of nitrogen functional groups attached to an aromatic ring is 1. The largest absolute Gasteiger partial charge is 0.396 e. The van der Waals surface area contributed by atoms with Crippen molar-refractivity contribution >= 4 is 17.3 Å². The number of hydrogen-bond donors (Lipinski definition) is 1. The fourth-order valence-corrected chi connectivity index (χ4v) is 2.50.